The fourth-order valence-corrected chi connectivity index (χ4v) is 1.25. The molecule has 0 aromatic heterocycles. The fraction of sp³-hybridized carbons (Fsp3) is 1.00. The second-order valence-electron chi connectivity index (χ2n) is 2.92. The van der Waals surface area contributed by atoms with Gasteiger partial charge >= 0.3 is 0 Å². The third kappa shape index (κ3) is 1.71. The summed E-state index contributed by atoms with van der Waals surface area (Å²) in [6.45, 7) is 1.62. The summed E-state index contributed by atoms with van der Waals surface area (Å²) in [7, 11) is 0. The first-order chi connectivity index (χ1) is 5.52. The molecule has 0 spiro atoms. The molecule has 0 aliphatic carbocycles. The van der Waals surface area contributed by atoms with Gasteiger partial charge in [0.2, 0.25) is 6.04 Å². The van der Waals surface area contributed by atoms with Gasteiger partial charge in [-0.2, -0.15) is 0 Å². The molecule has 1 fully saturated rings. The summed E-state index contributed by atoms with van der Waals surface area (Å²) in [5.74, 6) is 0. The van der Waals surface area contributed by atoms with Gasteiger partial charge in [-0.05, 0) is 6.92 Å². The predicted molar refractivity (Wildman–Crippen MR) is 38.0 cm³/mol. The van der Waals surface area contributed by atoms with E-state index in [1.165, 1.54) is 0 Å². The number of ether oxygens (including phenoxy) is 1. The van der Waals surface area contributed by atoms with Gasteiger partial charge in [-0.3, -0.25) is 10.1 Å². The Hall–Kier alpha value is -0.720. The molecule has 0 amide bonds. The van der Waals surface area contributed by atoms with Crippen molar-refractivity contribution in [3.63, 3.8) is 0 Å². The minimum atomic E-state index is -1.44. The molecule has 70 valence electrons. The number of hydrogen-bond acceptors (Lipinski definition) is 5. The van der Waals surface area contributed by atoms with Crippen LogP contribution in [0.3, 0.4) is 0 Å². The molecule has 0 bridgehead atoms. The quantitative estimate of drug-likeness (QED) is 0.400. The van der Waals surface area contributed by atoms with Crippen LogP contribution in [0.5, 0.6) is 0 Å². The molecule has 2 N–H and O–H groups in total. The van der Waals surface area contributed by atoms with E-state index in [1.807, 2.05) is 0 Å². The summed E-state index contributed by atoms with van der Waals surface area (Å²) in [5.41, 5.74) is 0. The second-order valence-corrected chi connectivity index (χ2v) is 2.92. The van der Waals surface area contributed by atoms with Crippen molar-refractivity contribution in [1.29, 1.82) is 0 Å². The maximum atomic E-state index is 10.3. The monoisotopic (exact) mass is 177 g/mol. The third-order valence-corrected chi connectivity index (χ3v) is 1.90. The van der Waals surface area contributed by atoms with Crippen LogP contribution < -0.4 is 0 Å². The molecule has 6 heteroatoms. The highest BCUT2D eigenvalue weighted by Crippen LogP contribution is 2.20. The van der Waals surface area contributed by atoms with Crippen molar-refractivity contribution in [1.82, 2.24) is 0 Å². The lowest BCUT2D eigenvalue weighted by molar-refractivity contribution is -0.550. The Bertz CT molecular complexity index is 185. The number of aliphatic hydroxyl groups excluding tert-OH is 2. The lowest BCUT2D eigenvalue weighted by Crippen LogP contribution is -2.50. The summed E-state index contributed by atoms with van der Waals surface area (Å²) in [6, 6.07) is -1.12. The summed E-state index contributed by atoms with van der Waals surface area (Å²) >= 11 is 0. The van der Waals surface area contributed by atoms with Crippen molar-refractivity contribution in [2.24, 2.45) is 0 Å². The van der Waals surface area contributed by atoms with Gasteiger partial charge in [0.15, 0.2) is 12.4 Å². The molecule has 0 radical (unpaired) electrons. The maximum Gasteiger partial charge on any atom is 0.246 e. The summed E-state index contributed by atoms with van der Waals surface area (Å²) in [4.78, 5) is 9.74. The van der Waals surface area contributed by atoms with E-state index >= 15 is 0 Å². The van der Waals surface area contributed by atoms with Crippen molar-refractivity contribution in [3.8, 4) is 0 Å². The first kappa shape index (κ1) is 9.37. The maximum absolute atomic E-state index is 10.3. The fourth-order valence-electron chi connectivity index (χ4n) is 1.25. The van der Waals surface area contributed by atoms with E-state index in [4.69, 9.17) is 14.9 Å². The molecular weight excluding hydrogens is 166 g/mol. The Kier molecular flexibility index (Phi) is 2.61. The summed E-state index contributed by atoms with van der Waals surface area (Å²) < 4.78 is 4.78. The van der Waals surface area contributed by atoms with E-state index in [0.29, 0.717) is 0 Å². The minimum Gasteiger partial charge on any atom is -0.381 e. The number of aliphatic hydroxyl groups is 2. The van der Waals surface area contributed by atoms with E-state index in [0.717, 1.165) is 0 Å². The van der Waals surface area contributed by atoms with Crippen LogP contribution in [0.25, 0.3) is 0 Å². The van der Waals surface area contributed by atoms with Gasteiger partial charge in [0.1, 0.15) is 0 Å². The van der Waals surface area contributed by atoms with E-state index in [-0.39, 0.29) is 6.42 Å². The van der Waals surface area contributed by atoms with E-state index in [2.05, 4.69) is 0 Å². The highest BCUT2D eigenvalue weighted by molar-refractivity contribution is 4.78. The van der Waals surface area contributed by atoms with Gasteiger partial charge in [0, 0.05) is 11.3 Å². The van der Waals surface area contributed by atoms with Crippen LogP contribution in [0.4, 0.5) is 0 Å². The number of nitrogens with zero attached hydrogens (tertiary/aromatic N) is 1. The average Bonchev–Trinajstić information content (AvgIpc) is 1.96. The topological polar surface area (TPSA) is 92.8 Å². The second kappa shape index (κ2) is 3.34. The molecule has 1 heterocycles. The van der Waals surface area contributed by atoms with Gasteiger partial charge in [-0.1, -0.05) is 0 Å². The van der Waals surface area contributed by atoms with Gasteiger partial charge < -0.3 is 14.9 Å². The van der Waals surface area contributed by atoms with Crippen molar-refractivity contribution >= 4 is 0 Å². The smallest absolute Gasteiger partial charge is 0.246 e. The van der Waals surface area contributed by atoms with Crippen LogP contribution >= 0.6 is 0 Å². The standard InChI is InChI=1S/C6H11NO5/c1-3-2-4(7(10)11)5(8)6(9)12-3/h3-6,8-9H,2H2,1H3/t3-,4?,5?,6?/m1/s1. The molecule has 4 atom stereocenters. The largest absolute Gasteiger partial charge is 0.381 e. The van der Waals surface area contributed by atoms with Crippen LogP contribution in [-0.4, -0.2) is 39.7 Å². The number of hydrogen-bond donors (Lipinski definition) is 2. The molecule has 1 saturated heterocycles. The lowest BCUT2D eigenvalue weighted by atomic mass is 10.0. The highest BCUT2D eigenvalue weighted by Gasteiger charge is 2.42. The third-order valence-electron chi connectivity index (χ3n) is 1.90. The molecule has 12 heavy (non-hydrogen) atoms. The zero-order valence-corrected chi connectivity index (χ0v) is 6.58. The first-order valence-electron chi connectivity index (χ1n) is 3.67. The SMILES string of the molecule is C[C@@H]1CC([N+](=O)[O-])C(O)C(O)O1. The van der Waals surface area contributed by atoms with Crippen molar-refractivity contribution < 1.29 is 19.9 Å². The van der Waals surface area contributed by atoms with Gasteiger partial charge in [-0.25, -0.2) is 0 Å². The van der Waals surface area contributed by atoms with Crippen molar-refractivity contribution in [2.45, 2.75) is 37.9 Å². The Morgan fingerprint density at radius 1 is 1.58 bits per heavy atom. The molecule has 1 rings (SSSR count). The molecular formula is C6H11NO5. The molecule has 1 aliphatic heterocycles. The van der Waals surface area contributed by atoms with Gasteiger partial charge in [-0.15, -0.1) is 0 Å². The predicted octanol–water partition coefficient (Wildman–Crippen LogP) is -0.880. The lowest BCUT2D eigenvalue weighted by Gasteiger charge is -2.30. The van der Waals surface area contributed by atoms with Gasteiger partial charge in [0.25, 0.3) is 0 Å². The summed E-state index contributed by atoms with van der Waals surface area (Å²) in [5, 5.41) is 28.4. The van der Waals surface area contributed by atoms with Crippen molar-refractivity contribution in [2.75, 3.05) is 0 Å². The normalized spacial score (nSPS) is 42.6. The minimum absolute atomic E-state index is 0.130. The van der Waals surface area contributed by atoms with Crippen LogP contribution in [0.15, 0.2) is 0 Å². The Morgan fingerprint density at radius 3 is 2.67 bits per heavy atom. The van der Waals surface area contributed by atoms with E-state index in [9.17, 15) is 10.1 Å². The zero-order chi connectivity index (χ0) is 9.30. The van der Waals surface area contributed by atoms with Crippen molar-refractivity contribution in [3.05, 3.63) is 10.1 Å². The van der Waals surface area contributed by atoms with Crippen LogP contribution in [0.1, 0.15) is 13.3 Å². The summed E-state index contributed by atoms with van der Waals surface area (Å²) in [6.07, 6.45) is -3.12. The van der Waals surface area contributed by atoms with E-state index < -0.39 is 29.5 Å². The zero-order valence-electron chi connectivity index (χ0n) is 6.58. The van der Waals surface area contributed by atoms with E-state index in [1.54, 1.807) is 6.92 Å². The van der Waals surface area contributed by atoms with Crippen LogP contribution in [0, 0.1) is 10.1 Å². The molecule has 6 nitrogen and oxygen atoms in total. The number of nitro groups is 1. The molecule has 1 aliphatic rings. The Morgan fingerprint density at radius 2 is 2.17 bits per heavy atom. The van der Waals surface area contributed by atoms with Gasteiger partial charge in [0.05, 0.1) is 6.10 Å². The molecule has 0 aromatic carbocycles. The molecule has 0 saturated carbocycles. The Balaban J connectivity index is 2.66. The molecule has 0 aromatic rings. The number of rotatable bonds is 1. The first-order valence-corrected chi connectivity index (χ1v) is 3.67. The average molecular weight is 177 g/mol. The highest BCUT2D eigenvalue weighted by atomic mass is 16.6. The van der Waals surface area contributed by atoms with Crippen LogP contribution in [0.2, 0.25) is 0 Å². The van der Waals surface area contributed by atoms with Crippen LogP contribution in [-0.2, 0) is 4.74 Å². The Labute approximate surface area is 68.9 Å². The molecule has 3 unspecified atom stereocenters.